The summed E-state index contributed by atoms with van der Waals surface area (Å²) in [5.74, 6) is 0.00371. The first-order chi connectivity index (χ1) is 16.8. The van der Waals surface area contributed by atoms with Gasteiger partial charge in [-0.1, -0.05) is 41.5 Å². The minimum atomic E-state index is -0.316. The van der Waals surface area contributed by atoms with Gasteiger partial charge in [0, 0.05) is 49.1 Å². The highest BCUT2D eigenvalue weighted by atomic mass is 16.5. The van der Waals surface area contributed by atoms with Gasteiger partial charge in [-0.25, -0.2) is 4.79 Å². The molecule has 0 saturated carbocycles. The molecule has 1 N–H and O–H groups in total. The Morgan fingerprint density at radius 2 is 1.44 bits per heavy atom. The molecule has 0 atom stereocenters. The lowest BCUT2D eigenvalue weighted by Crippen LogP contribution is -2.48. The maximum Gasteiger partial charge on any atom is 0.338 e. The zero-order valence-electron chi connectivity index (χ0n) is 22.7. The predicted octanol–water partition coefficient (Wildman–Crippen LogP) is 5.53. The SMILES string of the molecule is CCOC(=O)c1ccc(N2CCN(C(=O)/C=C/c3cc(C(C)(C)C)c(O)c(C(C)(C)C)c3)CC2)cc1. The molecule has 0 spiro atoms. The predicted molar refractivity (Wildman–Crippen MR) is 146 cm³/mol. The first-order valence-electron chi connectivity index (χ1n) is 12.7. The molecule has 0 bridgehead atoms. The Hall–Kier alpha value is -3.28. The number of benzene rings is 2. The summed E-state index contributed by atoms with van der Waals surface area (Å²) in [4.78, 5) is 28.9. The average molecular weight is 493 g/mol. The zero-order valence-corrected chi connectivity index (χ0v) is 22.7. The number of anilines is 1. The van der Waals surface area contributed by atoms with Gasteiger partial charge in [-0.3, -0.25) is 4.79 Å². The number of phenols is 1. The molecule has 1 saturated heterocycles. The van der Waals surface area contributed by atoms with Crippen molar-refractivity contribution in [3.8, 4) is 5.75 Å². The van der Waals surface area contributed by atoms with Gasteiger partial charge in [0.25, 0.3) is 0 Å². The number of rotatable bonds is 5. The van der Waals surface area contributed by atoms with Crippen LogP contribution in [-0.4, -0.2) is 54.7 Å². The smallest absolute Gasteiger partial charge is 0.338 e. The third kappa shape index (κ3) is 6.48. The number of aromatic hydroxyl groups is 1. The van der Waals surface area contributed by atoms with Crippen molar-refractivity contribution in [2.45, 2.75) is 59.3 Å². The second-order valence-corrected chi connectivity index (χ2v) is 11.4. The van der Waals surface area contributed by atoms with Crippen molar-refractivity contribution >= 4 is 23.6 Å². The monoisotopic (exact) mass is 492 g/mol. The van der Waals surface area contributed by atoms with Crippen LogP contribution in [0.3, 0.4) is 0 Å². The van der Waals surface area contributed by atoms with Crippen LogP contribution in [0, 0.1) is 0 Å². The maximum absolute atomic E-state index is 12.9. The molecular formula is C30H40N2O4. The van der Waals surface area contributed by atoms with Gasteiger partial charge in [-0.15, -0.1) is 0 Å². The van der Waals surface area contributed by atoms with E-state index in [0.29, 0.717) is 31.0 Å². The Balaban J connectivity index is 1.67. The number of amides is 1. The molecular weight excluding hydrogens is 452 g/mol. The summed E-state index contributed by atoms with van der Waals surface area (Å²) in [5.41, 5.74) is 3.80. The number of piperazine rings is 1. The molecule has 0 aromatic heterocycles. The van der Waals surface area contributed by atoms with E-state index in [-0.39, 0.29) is 22.7 Å². The Labute approximate surface area is 215 Å². The molecule has 0 radical (unpaired) electrons. The fourth-order valence-corrected chi connectivity index (χ4v) is 4.38. The van der Waals surface area contributed by atoms with Crippen molar-refractivity contribution in [2.24, 2.45) is 0 Å². The number of hydrogen-bond donors (Lipinski definition) is 1. The number of nitrogens with zero attached hydrogens (tertiary/aromatic N) is 2. The Morgan fingerprint density at radius 3 is 1.92 bits per heavy atom. The van der Waals surface area contributed by atoms with Crippen LogP contribution in [0.1, 0.15) is 75.5 Å². The second kappa shape index (κ2) is 10.8. The molecule has 1 aliphatic heterocycles. The van der Waals surface area contributed by atoms with Gasteiger partial charge in [0.05, 0.1) is 12.2 Å². The van der Waals surface area contributed by atoms with E-state index in [1.54, 1.807) is 25.1 Å². The highest BCUT2D eigenvalue weighted by Crippen LogP contribution is 2.40. The van der Waals surface area contributed by atoms with Crippen molar-refractivity contribution in [1.82, 2.24) is 4.90 Å². The van der Waals surface area contributed by atoms with E-state index in [1.807, 2.05) is 35.2 Å². The first kappa shape index (κ1) is 27.3. The lowest BCUT2D eigenvalue weighted by Gasteiger charge is -2.35. The van der Waals surface area contributed by atoms with E-state index >= 15 is 0 Å². The van der Waals surface area contributed by atoms with E-state index in [1.165, 1.54) is 0 Å². The normalized spacial score (nSPS) is 14.9. The quantitative estimate of drug-likeness (QED) is 0.439. The molecule has 6 heteroatoms. The van der Waals surface area contributed by atoms with Crippen molar-refractivity contribution < 1.29 is 19.4 Å². The van der Waals surface area contributed by atoms with Gasteiger partial charge in [-0.05, 0) is 65.8 Å². The fourth-order valence-electron chi connectivity index (χ4n) is 4.38. The summed E-state index contributed by atoms with van der Waals surface area (Å²) in [5, 5.41) is 10.9. The summed E-state index contributed by atoms with van der Waals surface area (Å²) < 4.78 is 5.04. The van der Waals surface area contributed by atoms with Crippen LogP contribution in [0.2, 0.25) is 0 Å². The van der Waals surface area contributed by atoms with E-state index in [0.717, 1.165) is 35.5 Å². The third-order valence-electron chi connectivity index (χ3n) is 6.50. The molecule has 6 nitrogen and oxygen atoms in total. The number of ether oxygens (including phenoxy) is 1. The summed E-state index contributed by atoms with van der Waals surface area (Å²) >= 11 is 0. The molecule has 0 unspecified atom stereocenters. The second-order valence-electron chi connectivity index (χ2n) is 11.4. The molecule has 194 valence electrons. The van der Waals surface area contributed by atoms with E-state index < -0.39 is 0 Å². The van der Waals surface area contributed by atoms with Crippen LogP contribution < -0.4 is 4.90 Å². The van der Waals surface area contributed by atoms with E-state index in [9.17, 15) is 14.7 Å². The zero-order chi connectivity index (χ0) is 26.7. The van der Waals surface area contributed by atoms with Crippen LogP contribution >= 0.6 is 0 Å². The van der Waals surface area contributed by atoms with Crippen LogP contribution in [0.15, 0.2) is 42.5 Å². The van der Waals surface area contributed by atoms with Crippen LogP contribution in [-0.2, 0) is 20.4 Å². The minimum absolute atomic E-state index is 0.0185. The Bertz CT molecular complexity index is 1080. The largest absolute Gasteiger partial charge is 0.507 e. The number of hydrogen-bond acceptors (Lipinski definition) is 5. The van der Waals surface area contributed by atoms with Gasteiger partial charge in [0.2, 0.25) is 5.91 Å². The molecule has 0 aliphatic carbocycles. The van der Waals surface area contributed by atoms with Gasteiger partial charge in [0.15, 0.2) is 0 Å². The molecule has 3 rings (SSSR count). The van der Waals surface area contributed by atoms with Crippen LogP contribution in [0.5, 0.6) is 5.75 Å². The first-order valence-corrected chi connectivity index (χ1v) is 12.7. The van der Waals surface area contributed by atoms with Crippen LogP contribution in [0.25, 0.3) is 6.08 Å². The molecule has 2 aromatic carbocycles. The number of esters is 1. The number of phenolic OH excluding ortho intramolecular Hbond substituents is 1. The molecule has 1 aliphatic rings. The molecule has 1 heterocycles. The minimum Gasteiger partial charge on any atom is -0.507 e. The summed E-state index contributed by atoms with van der Waals surface area (Å²) in [6, 6.07) is 11.4. The van der Waals surface area contributed by atoms with Gasteiger partial charge < -0.3 is 19.6 Å². The average Bonchev–Trinajstić information content (AvgIpc) is 2.82. The van der Waals surface area contributed by atoms with Crippen LogP contribution in [0.4, 0.5) is 5.69 Å². The van der Waals surface area contributed by atoms with Gasteiger partial charge in [-0.2, -0.15) is 0 Å². The van der Waals surface area contributed by atoms with Gasteiger partial charge in [0.1, 0.15) is 5.75 Å². The van der Waals surface area contributed by atoms with E-state index in [2.05, 4.69) is 46.4 Å². The highest BCUT2D eigenvalue weighted by Gasteiger charge is 2.26. The summed E-state index contributed by atoms with van der Waals surface area (Å²) in [6.45, 7) is 17.3. The molecule has 1 fully saturated rings. The Morgan fingerprint density at radius 1 is 0.917 bits per heavy atom. The van der Waals surface area contributed by atoms with Crippen molar-refractivity contribution in [3.05, 3.63) is 64.7 Å². The number of carbonyl (C=O) groups is 2. The lowest BCUT2D eigenvalue weighted by atomic mass is 9.78. The lowest BCUT2D eigenvalue weighted by molar-refractivity contribution is -0.126. The van der Waals surface area contributed by atoms with Crippen molar-refractivity contribution in [3.63, 3.8) is 0 Å². The van der Waals surface area contributed by atoms with Gasteiger partial charge >= 0.3 is 5.97 Å². The fraction of sp³-hybridized carbons (Fsp3) is 0.467. The maximum atomic E-state index is 12.9. The third-order valence-corrected chi connectivity index (χ3v) is 6.50. The Kier molecular flexibility index (Phi) is 8.17. The standard InChI is InChI=1S/C30H40N2O4/c1-8-36-28(35)22-10-12-23(13-11-22)31-15-17-32(18-16-31)26(33)14-9-21-19-24(29(2,3)4)27(34)25(20-21)30(5,6)7/h9-14,19-20,34H,8,15-18H2,1-7H3/b14-9+. The summed E-state index contributed by atoms with van der Waals surface area (Å²) in [6.07, 6.45) is 3.49. The molecule has 2 aromatic rings. The van der Waals surface area contributed by atoms with Crippen molar-refractivity contribution in [1.29, 1.82) is 0 Å². The molecule has 1 amide bonds. The molecule has 36 heavy (non-hydrogen) atoms. The topological polar surface area (TPSA) is 70.1 Å². The number of carbonyl (C=O) groups excluding carboxylic acids is 2. The van der Waals surface area contributed by atoms with E-state index in [4.69, 9.17) is 4.74 Å². The summed E-state index contributed by atoms with van der Waals surface area (Å²) in [7, 11) is 0. The van der Waals surface area contributed by atoms with Crippen molar-refractivity contribution in [2.75, 3.05) is 37.7 Å². The highest BCUT2D eigenvalue weighted by molar-refractivity contribution is 5.92.